The van der Waals surface area contributed by atoms with Gasteiger partial charge in [-0.05, 0) is 46.1 Å². The molecule has 0 aliphatic carbocycles. The second-order valence-electron chi connectivity index (χ2n) is 7.64. The molecule has 126 valence electrons. The van der Waals surface area contributed by atoms with Crippen LogP contribution in [0.5, 0.6) is 0 Å². The Hall–Kier alpha value is -1.88. The van der Waals surface area contributed by atoms with Crippen LogP contribution in [0.2, 0.25) is 0 Å². The number of carbonyl (C=O) groups is 2. The maximum Gasteiger partial charge on any atom is 0.309 e. The molecule has 5 nitrogen and oxygen atoms in total. The number of rotatable bonds is 3. The van der Waals surface area contributed by atoms with Gasteiger partial charge in [-0.3, -0.25) is 9.59 Å². The molecule has 3 N–H and O–H groups in total. The van der Waals surface area contributed by atoms with Crippen molar-refractivity contribution in [2.24, 2.45) is 0 Å². The summed E-state index contributed by atoms with van der Waals surface area (Å²) >= 11 is 0. The van der Waals surface area contributed by atoms with Gasteiger partial charge in [0.2, 0.25) is 0 Å². The standard InChI is InChI=1S/C18H27N3O2/c1-17(2)10-14(11-18(3,4)21-17)20-16(23)15(22)19-12-13-8-6-5-7-9-13/h5-9,14,21H,10-12H2,1-4H3,(H,19,22)(H,20,23). The monoisotopic (exact) mass is 317 g/mol. The number of hydrogen-bond donors (Lipinski definition) is 3. The summed E-state index contributed by atoms with van der Waals surface area (Å²) in [5.41, 5.74) is 0.832. The SMILES string of the molecule is CC1(C)CC(NC(=O)C(=O)NCc2ccccc2)CC(C)(C)N1. The lowest BCUT2D eigenvalue weighted by Gasteiger charge is -2.46. The van der Waals surface area contributed by atoms with Gasteiger partial charge in [0.05, 0.1) is 0 Å². The Morgan fingerprint density at radius 1 is 1.04 bits per heavy atom. The van der Waals surface area contributed by atoms with Crippen molar-refractivity contribution in [3.05, 3.63) is 35.9 Å². The van der Waals surface area contributed by atoms with Crippen LogP contribution in [0.25, 0.3) is 0 Å². The van der Waals surface area contributed by atoms with Gasteiger partial charge in [-0.15, -0.1) is 0 Å². The van der Waals surface area contributed by atoms with Crippen LogP contribution < -0.4 is 16.0 Å². The Morgan fingerprint density at radius 3 is 2.17 bits per heavy atom. The van der Waals surface area contributed by atoms with Crippen LogP contribution in [0.4, 0.5) is 0 Å². The molecule has 2 rings (SSSR count). The van der Waals surface area contributed by atoms with E-state index in [2.05, 4.69) is 43.6 Å². The van der Waals surface area contributed by atoms with E-state index in [1.807, 2.05) is 30.3 Å². The zero-order valence-corrected chi connectivity index (χ0v) is 14.4. The molecule has 0 atom stereocenters. The van der Waals surface area contributed by atoms with Crippen molar-refractivity contribution < 1.29 is 9.59 Å². The number of carbonyl (C=O) groups excluding carboxylic acids is 2. The third kappa shape index (κ3) is 5.36. The summed E-state index contributed by atoms with van der Waals surface area (Å²) < 4.78 is 0. The van der Waals surface area contributed by atoms with Gasteiger partial charge in [-0.1, -0.05) is 30.3 Å². The number of amides is 2. The van der Waals surface area contributed by atoms with Crippen molar-refractivity contribution in [1.82, 2.24) is 16.0 Å². The van der Waals surface area contributed by atoms with E-state index in [4.69, 9.17) is 0 Å². The number of hydrogen-bond acceptors (Lipinski definition) is 3. The van der Waals surface area contributed by atoms with Gasteiger partial charge in [-0.25, -0.2) is 0 Å². The summed E-state index contributed by atoms with van der Waals surface area (Å²) in [4.78, 5) is 24.1. The molecule has 23 heavy (non-hydrogen) atoms. The average molecular weight is 317 g/mol. The Bertz CT molecular complexity index is 551. The molecule has 1 aliphatic heterocycles. The van der Waals surface area contributed by atoms with E-state index in [1.54, 1.807) is 0 Å². The highest BCUT2D eigenvalue weighted by Gasteiger charge is 2.38. The molecule has 1 heterocycles. The lowest BCUT2D eigenvalue weighted by atomic mass is 9.79. The van der Waals surface area contributed by atoms with Crippen molar-refractivity contribution >= 4 is 11.8 Å². The molecular weight excluding hydrogens is 290 g/mol. The first-order chi connectivity index (χ1) is 10.7. The van der Waals surface area contributed by atoms with Crippen LogP contribution in [0, 0.1) is 0 Å². The van der Waals surface area contributed by atoms with Crippen molar-refractivity contribution in [2.75, 3.05) is 0 Å². The third-order valence-corrected chi connectivity index (χ3v) is 4.03. The van der Waals surface area contributed by atoms with Crippen LogP contribution in [-0.2, 0) is 16.1 Å². The number of nitrogens with one attached hydrogen (secondary N) is 3. The molecule has 1 saturated heterocycles. The van der Waals surface area contributed by atoms with Gasteiger partial charge < -0.3 is 16.0 Å². The number of benzene rings is 1. The predicted octanol–water partition coefficient (Wildman–Crippen LogP) is 1.73. The van der Waals surface area contributed by atoms with E-state index in [0.717, 1.165) is 18.4 Å². The summed E-state index contributed by atoms with van der Waals surface area (Å²) in [6.07, 6.45) is 1.60. The molecule has 1 aliphatic rings. The number of piperidine rings is 1. The second-order valence-corrected chi connectivity index (χ2v) is 7.64. The minimum absolute atomic E-state index is 0.00350. The fourth-order valence-corrected chi connectivity index (χ4v) is 3.53. The summed E-state index contributed by atoms with van der Waals surface area (Å²) in [6.45, 7) is 8.81. The quantitative estimate of drug-likeness (QED) is 0.744. The molecule has 0 bridgehead atoms. The molecule has 2 amide bonds. The molecule has 0 unspecified atom stereocenters. The molecule has 0 saturated carbocycles. The largest absolute Gasteiger partial charge is 0.345 e. The van der Waals surface area contributed by atoms with Gasteiger partial charge in [-0.2, -0.15) is 0 Å². The van der Waals surface area contributed by atoms with E-state index in [1.165, 1.54) is 0 Å². The smallest absolute Gasteiger partial charge is 0.309 e. The summed E-state index contributed by atoms with van der Waals surface area (Å²) in [7, 11) is 0. The second kappa shape index (κ2) is 6.71. The Balaban J connectivity index is 1.87. The average Bonchev–Trinajstić information content (AvgIpc) is 2.42. The summed E-state index contributed by atoms with van der Waals surface area (Å²) in [6, 6.07) is 9.54. The van der Waals surface area contributed by atoms with Crippen LogP contribution in [0.3, 0.4) is 0 Å². The molecule has 1 fully saturated rings. The minimum atomic E-state index is -0.581. The van der Waals surface area contributed by atoms with Crippen LogP contribution in [-0.4, -0.2) is 28.9 Å². The van der Waals surface area contributed by atoms with E-state index in [9.17, 15) is 9.59 Å². The normalized spacial score (nSPS) is 19.8. The minimum Gasteiger partial charge on any atom is -0.345 e. The van der Waals surface area contributed by atoms with Crippen molar-refractivity contribution in [1.29, 1.82) is 0 Å². The summed E-state index contributed by atoms with van der Waals surface area (Å²) in [5.74, 6) is -1.14. The Kier molecular flexibility index (Phi) is 5.09. The van der Waals surface area contributed by atoms with E-state index in [-0.39, 0.29) is 17.1 Å². The zero-order chi connectivity index (χ0) is 17.1. The fraction of sp³-hybridized carbons (Fsp3) is 0.556. The van der Waals surface area contributed by atoms with Crippen molar-refractivity contribution in [3.63, 3.8) is 0 Å². The Morgan fingerprint density at radius 2 is 1.61 bits per heavy atom. The highest BCUT2D eigenvalue weighted by molar-refractivity contribution is 6.35. The Labute approximate surface area is 138 Å². The van der Waals surface area contributed by atoms with Crippen molar-refractivity contribution in [3.8, 4) is 0 Å². The molecule has 5 heteroatoms. The fourth-order valence-electron chi connectivity index (χ4n) is 3.53. The molecule has 0 radical (unpaired) electrons. The maximum atomic E-state index is 12.1. The molecule has 0 aromatic heterocycles. The first-order valence-corrected chi connectivity index (χ1v) is 8.09. The molecule has 1 aromatic rings. The van der Waals surface area contributed by atoms with E-state index >= 15 is 0 Å². The molecule has 1 aromatic carbocycles. The first kappa shape index (κ1) is 17.5. The van der Waals surface area contributed by atoms with E-state index < -0.39 is 11.8 Å². The van der Waals surface area contributed by atoms with Crippen LogP contribution in [0.1, 0.15) is 46.1 Å². The maximum absolute atomic E-state index is 12.1. The highest BCUT2D eigenvalue weighted by Crippen LogP contribution is 2.28. The lowest BCUT2D eigenvalue weighted by Crippen LogP contribution is -2.62. The van der Waals surface area contributed by atoms with Crippen LogP contribution in [0.15, 0.2) is 30.3 Å². The third-order valence-electron chi connectivity index (χ3n) is 4.03. The lowest BCUT2D eigenvalue weighted by molar-refractivity contribution is -0.140. The van der Waals surface area contributed by atoms with Crippen molar-refractivity contribution in [2.45, 2.75) is 64.2 Å². The van der Waals surface area contributed by atoms with Gasteiger partial charge in [0.25, 0.3) is 0 Å². The van der Waals surface area contributed by atoms with E-state index in [0.29, 0.717) is 6.54 Å². The molecule has 0 spiro atoms. The topological polar surface area (TPSA) is 70.2 Å². The van der Waals surface area contributed by atoms with Gasteiger partial charge in [0, 0.05) is 23.7 Å². The highest BCUT2D eigenvalue weighted by atomic mass is 16.2. The first-order valence-electron chi connectivity index (χ1n) is 8.09. The predicted molar refractivity (Wildman–Crippen MR) is 90.7 cm³/mol. The van der Waals surface area contributed by atoms with Gasteiger partial charge in [0.15, 0.2) is 0 Å². The van der Waals surface area contributed by atoms with Crippen LogP contribution >= 0.6 is 0 Å². The van der Waals surface area contributed by atoms with Gasteiger partial charge in [0.1, 0.15) is 0 Å². The molecular formula is C18H27N3O2. The zero-order valence-electron chi connectivity index (χ0n) is 14.4. The summed E-state index contributed by atoms with van der Waals surface area (Å²) in [5, 5.41) is 9.10. The van der Waals surface area contributed by atoms with Gasteiger partial charge >= 0.3 is 11.8 Å².